The van der Waals surface area contributed by atoms with Gasteiger partial charge in [0.15, 0.2) is 5.17 Å². The second-order valence-electron chi connectivity index (χ2n) is 7.45. The Morgan fingerprint density at radius 3 is 2.53 bits per heavy atom. The second kappa shape index (κ2) is 8.68. The number of aromatic carboxylic acids is 1. The van der Waals surface area contributed by atoms with Crippen LogP contribution < -0.4 is 5.32 Å². The van der Waals surface area contributed by atoms with E-state index in [4.69, 9.17) is 11.6 Å². The largest absolute Gasteiger partial charge is 0.478 e. The number of nitrogens with zero attached hydrogens (tertiary/aromatic N) is 2. The fourth-order valence-corrected chi connectivity index (χ4v) is 4.54. The van der Waals surface area contributed by atoms with Gasteiger partial charge in [0, 0.05) is 17.1 Å². The number of benzene rings is 2. The Kier molecular flexibility index (Phi) is 5.95. The van der Waals surface area contributed by atoms with Crippen LogP contribution in [0.25, 0.3) is 11.8 Å². The number of nitrogens with one attached hydrogen (secondary N) is 1. The first-order valence-corrected chi connectivity index (χ1v) is 11.0. The SMILES string of the molecule is Cc1ccc(N=C2NC(=O)/C(=C/c3cc(C)n(-c4ccc(Cl)c(C(=O)O)c4)c3C)S2)cc1. The molecule has 0 saturated carbocycles. The van der Waals surface area contributed by atoms with E-state index in [1.807, 2.05) is 61.7 Å². The molecule has 0 aliphatic carbocycles. The van der Waals surface area contributed by atoms with Gasteiger partial charge in [-0.3, -0.25) is 4.79 Å². The number of hydrogen-bond acceptors (Lipinski definition) is 4. The molecule has 2 aromatic carbocycles. The van der Waals surface area contributed by atoms with E-state index in [0.717, 1.165) is 28.2 Å². The molecule has 4 rings (SSSR count). The van der Waals surface area contributed by atoms with E-state index in [0.29, 0.717) is 15.8 Å². The zero-order valence-corrected chi connectivity index (χ0v) is 19.2. The number of aliphatic imine (C=N–C) groups is 1. The van der Waals surface area contributed by atoms with Crippen LogP contribution in [0.15, 0.2) is 58.4 Å². The Morgan fingerprint density at radius 1 is 1.12 bits per heavy atom. The highest BCUT2D eigenvalue weighted by molar-refractivity contribution is 8.18. The summed E-state index contributed by atoms with van der Waals surface area (Å²) in [5.41, 5.74) is 5.30. The van der Waals surface area contributed by atoms with Crippen LogP contribution in [0, 0.1) is 20.8 Å². The number of rotatable bonds is 4. The summed E-state index contributed by atoms with van der Waals surface area (Å²) in [6, 6.07) is 14.6. The summed E-state index contributed by atoms with van der Waals surface area (Å²) in [6.45, 7) is 5.86. The fourth-order valence-electron chi connectivity index (χ4n) is 3.51. The molecular formula is C24H20ClN3O3S. The molecule has 3 aromatic rings. The van der Waals surface area contributed by atoms with Crippen LogP contribution >= 0.6 is 23.4 Å². The van der Waals surface area contributed by atoms with Crippen LogP contribution in [0.5, 0.6) is 0 Å². The normalized spacial score (nSPS) is 16.1. The van der Waals surface area contributed by atoms with Crippen LogP contribution in [0.4, 0.5) is 5.69 Å². The molecule has 0 bridgehead atoms. The molecule has 1 fully saturated rings. The zero-order chi connectivity index (χ0) is 23.0. The molecule has 2 heterocycles. The third kappa shape index (κ3) is 4.35. The predicted octanol–water partition coefficient (Wildman–Crippen LogP) is 5.65. The van der Waals surface area contributed by atoms with Gasteiger partial charge in [-0.15, -0.1) is 0 Å². The number of aryl methyl sites for hydroxylation is 2. The number of halogens is 1. The highest BCUT2D eigenvalue weighted by atomic mass is 35.5. The van der Waals surface area contributed by atoms with Gasteiger partial charge in [0.05, 0.1) is 21.2 Å². The lowest BCUT2D eigenvalue weighted by atomic mass is 10.2. The van der Waals surface area contributed by atoms with E-state index >= 15 is 0 Å². The minimum atomic E-state index is -1.08. The third-order valence-corrected chi connectivity index (χ3v) is 6.35. The highest BCUT2D eigenvalue weighted by Gasteiger charge is 2.24. The summed E-state index contributed by atoms with van der Waals surface area (Å²) in [5.74, 6) is -1.29. The molecule has 6 nitrogen and oxygen atoms in total. The highest BCUT2D eigenvalue weighted by Crippen LogP contribution is 2.31. The molecule has 2 N–H and O–H groups in total. The minimum Gasteiger partial charge on any atom is -0.478 e. The topological polar surface area (TPSA) is 83.7 Å². The van der Waals surface area contributed by atoms with Crippen molar-refractivity contribution < 1.29 is 14.7 Å². The van der Waals surface area contributed by atoms with Crippen molar-refractivity contribution in [3.63, 3.8) is 0 Å². The number of carbonyl (C=O) groups excluding carboxylic acids is 1. The van der Waals surface area contributed by atoms with Gasteiger partial charge >= 0.3 is 5.97 Å². The molecule has 32 heavy (non-hydrogen) atoms. The summed E-state index contributed by atoms with van der Waals surface area (Å²) in [7, 11) is 0. The van der Waals surface area contributed by atoms with Crippen molar-refractivity contribution in [1.29, 1.82) is 0 Å². The molecule has 1 aromatic heterocycles. The molecule has 162 valence electrons. The van der Waals surface area contributed by atoms with E-state index in [-0.39, 0.29) is 16.5 Å². The lowest BCUT2D eigenvalue weighted by Gasteiger charge is -2.11. The van der Waals surface area contributed by atoms with Crippen molar-refractivity contribution in [3.05, 3.63) is 86.5 Å². The van der Waals surface area contributed by atoms with Crippen LogP contribution in [-0.4, -0.2) is 26.7 Å². The van der Waals surface area contributed by atoms with Crippen LogP contribution in [0.3, 0.4) is 0 Å². The first kappa shape index (κ1) is 21.9. The Labute approximate surface area is 194 Å². The van der Waals surface area contributed by atoms with Gasteiger partial charge in [-0.05, 0) is 80.6 Å². The monoisotopic (exact) mass is 465 g/mol. The van der Waals surface area contributed by atoms with Crippen molar-refractivity contribution in [2.75, 3.05) is 0 Å². The van der Waals surface area contributed by atoms with Crippen molar-refractivity contribution in [2.45, 2.75) is 20.8 Å². The maximum atomic E-state index is 12.5. The summed E-state index contributed by atoms with van der Waals surface area (Å²) in [5, 5.41) is 12.9. The Balaban J connectivity index is 1.66. The number of carboxylic acid groups (broad SMARTS) is 1. The van der Waals surface area contributed by atoms with E-state index in [9.17, 15) is 14.7 Å². The van der Waals surface area contributed by atoms with Gasteiger partial charge in [-0.2, -0.15) is 0 Å². The first-order valence-electron chi connectivity index (χ1n) is 9.81. The number of carbonyl (C=O) groups is 2. The number of aromatic nitrogens is 1. The average Bonchev–Trinajstić information content (AvgIpc) is 3.22. The number of carboxylic acids is 1. The Bertz CT molecular complexity index is 1310. The van der Waals surface area contributed by atoms with Gasteiger partial charge < -0.3 is 15.0 Å². The van der Waals surface area contributed by atoms with Gasteiger partial charge in [0.2, 0.25) is 0 Å². The molecule has 1 saturated heterocycles. The molecule has 1 aliphatic rings. The quantitative estimate of drug-likeness (QED) is 0.488. The van der Waals surface area contributed by atoms with E-state index in [2.05, 4.69) is 10.3 Å². The second-order valence-corrected chi connectivity index (χ2v) is 8.89. The molecule has 0 unspecified atom stereocenters. The molecule has 0 spiro atoms. The van der Waals surface area contributed by atoms with Crippen molar-refractivity contribution in [1.82, 2.24) is 9.88 Å². The van der Waals surface area contributed by atoms with Gasteiger partial charge in [0.25, 0.3) is 5.91 Å². The molecule has 0 radical (unpaired) electrons. The van der Waals surface area contributed by atoms with Crippen LogP contribution in [0.1, 0.15) is 32.9 Å². The lowest BCUT2D eigenvalue weighted by Crippen LogP contribution is -2.19. The van der Waals surface area contributed by atoms with E-state index in [1.54, 1.807) is 18.2 Å². The van der Waals surface area contributed by atoms with E-state index < -0.39 is 5.97 Å². The lowest BCUT2D eigenvalue weighted by molar-refractivity contribution is -0.115. The minimum absolute atomic E-state index is 0.0410. The Morgan fingerprint density at radius 2 is 1.84 bits per heavy atom. The first-order chi connectivity index (χ1) is 15.2. The predicted molar refractivity (Wildman–Crippen MR) is 129 cm³/mol. The maximum absolute atomic E-state index is 12.5. The fraction of sp³-hybridized carbons (Fsp3) is 0.125. The molecule has 8 heteroatoms. The van der Waals surface area contributed by atoms with Crippen molar-refractivity contribution >= 4 is 52.2 Å². The summed E-state index contributed by atoms with van der Waals surface area (Å²) >= 11 is 7.30. The van der Waals surface area contributed by atoms with Gasteiger partial charge in [-0.25, -0.2) is 9.79 Å². The van der Waals surface area contributed by atoms with Gasteiger partial charge in [-0.1, -0.05) is 29.3 Å². The zero-order valence-electron chi connectivity index (χ0n) is 17.6. The number of hydrogen-bond donors (Lipinski definition) is 2. The average molecular weight is 466 g/mol. The third-order valence-electron chi connectivity index (χ3n) is 5.11. The van der Waals surface area contributed by atoms with Crippen molar-refractivity contribution in [3.8, 4) is 5.69 Å². The molecule has 1 aliphatic heterocycles. The maximum Gasteiger partial charge on any atom is 0.337 e. The number of thioether (sulfide) groups is 1. The van der Waals surface area contributed by atoms with Crippen LogP contribution in [-0.2, 0) is 4.79 Å². The summed E-state index contributed by atoms with van der Waals surface area (Å²) in [6.07, 6.45) is 1.82. The number of amides is 1. The van der Waals surface area contributed by atoms with Crippen molar-refractivity contribution in [2.24, 2.45) is 4.99 Å². The smallest absolute Gasteiger partial charge is 0.337 e. The molecular weight excluding hydrogens is 446 g/mol. The summed E-state index contributed by atoms with van der Waals surface area (Å²) < 4.78 is 1.94. The summed E-state index contributed by atoms with van der Waals surface area (Å²) in [4.78, 5) is 29.0. The van der Waals surface area contributed by atoms with E-state index in [1.165, 1.54) is 11.8 Å². The number of amidine groups is 1. The van der Waals surface area contributed by atoms with Gasteiger partial charge in [0.1, 0.15) is 0 Å². The molecule has 0 atom stereocenters. The van der Waals surface area contributed by atoms with Crippen LogP contribution in [0.2, 0.25) is 5.02 Å². The standard InChI is InChI=1S/C24H20ClN3O3S/c1-13-4-6-17(7-5-13)26-24-27-22(29)21(32-24)11-16-10-14(2)28(15(16)3)18-8-9-20(25)19(12-18)23(30)31/h4-12H,1-3H3,(H,30,31)(H,26,27,29)/b21-11-. The Hall–Kier alpha value is -3.29. The molecule has 1 amide bonds.